The SMILES string of the molecule is CCC1CN(Cc2ccc(Cl)s2)C(C)(C2CC2)CN1. The first-order chi connectivity index (χ1) is 9.11. The van der Waals surface area contributed by atoms with Crippen molar-refractivity contribution in [2.24, 2.45) is 5.92 Å². The Morgan fingerprint density at radius 1 is 1.47 bits per heavy atom. The lowest BCUT2D eigenvalue weighted by Crippen LogP contribution is -2.63. The fourth-order valence-electron chi connectivity index (χ4n) is 3.25. The zero-order valence-electron chi connectivity index (χ0n) is 11.8. The highest BCUT2D eigenvalue weighted by Crippen LogP contribution is 2.44. The number of hydrogen-bond acceptors (Lipinski definition) is 3. The molecule has 19 heavy (non-hydrogen) atoms. The van der Waals surface area contributed by atoms with Crippen LogP contribution in [0.3, 0.4) is 0 Å². The number of hydrogen-bond donors (Lipinski definition) is 1. The highest BCUT2D eigenvalue weighted by Gasteiger charge is 2.47. The molecule has 2 heterocycles. The van der Waals surface area contributed by atoms with E-state index in [1.54, 1.807) is 11.3 Å². The number of rotatable bonds is 4. The second-order valence-electron chi connectivity index (χ2n) is 6.20. The largest absolute Gasteiger partial charge is 0.311 e. The molecule has 106 valence electrons. The lowest BCUT2D eigenvalue weighted by molar-refractivity contribution is 0.0279. The van der Waals surface area contributed by atoms with Crippen molar-refractivity contribution in [3.05, 3.63) is 21.3 Å². The van der Waals surface area contributed by atoms with E-state index in [-0.39, 0.29) is 0 Å². The van der Waals surface area contributed by atoms with Crippen molar-refractivity contribution in [1.29, 1.82) is 0 Å². The second kappa shape index (κ2) is 5.36. The van der Waals surface area contributed by atoms with Gasteiger partial charge in [-0.05, 0) is 44.2 Å². The Kier molecular flexibility index (Phi) is 3.91. The molecule has 0 aromatic carbocycles. The zero-order chi connectivity index (χ0) is 13.5. The Bertz CT molecular complexity index is 443. The van der Waals surface area contributed by atoms with Crippen molar-refractivity contribution in [3.8, 4) is 0 Å². The molecule has 2 aliphatic rings. The molecule has 2 atom stereocenters. The first-order valence-electron chi connectivity index (χ1n) is 7.34. The summed E-state index contributed by atoms with van der Waals surface area (Å²) in [7, 11) is 0. The molecule has 0 bridgehead atoms. The van der Waals surface area contributed by atoms with E-state index in [9.17, 15) is 0 Å². The molecule has 2 nitrogen and oxygen atoms in total. The number of thiophene rings is 1. The summed E-state index contributed by atoms with van der Waals surface area (Å²) in [6, 6.07) is 4.85. The van der Waals surface area contributed by atoms with Crippen LogP contribution in [0.4, 0.5) is 0 Å². The first-order valence-corrected chi connectivity index (χ1v) is 8.54. The predicted molar refractivity (Wildman–Crippen MR) is 82.9 cm³/mol. The van der Waals surface area contributed by atoms with Gasteiger partial charge in [-0.15, -0.1) is 11.3 Å². The quantitative estimate of drug-likeness (QED) is 0.910. The van der Waals surface area contributed by atoms with Crippen LogP contribution >= 0.6 is 22.9 Å². The van der Waals surface area contributed by atoms with Crippen molar-refractivity contribution in [2.45, 2.75) is 51.2 Å². The van der Waals surface area contributed by atoms with Gasteiger partial charge in [0.25, 0.3) is 0 Å². The fraction of sp³-hybridized carbons (Fsp3) is 0.733. The third kappa shape index (κ3) is 2.85. The van der Waals surface area contributed by atoms with Gasteiger partial charge in [0.15, 0.2) is 0 Å². The van der Waals surface area contributed by atoms with E-state index >= 15 is 0 Å². The van der Waals surface area contributed by atoms with E-state index in [2.05, 4.69) is 30.1 Å². The highest BCUT2D eigenvalue weighted by molar-refractivity contribution is 7.16. The Morgan fingerprint density at radius 3 is 2.84 bits per heavy atom. The van der Waals surface area contributed by atoms with Crippen LogP contribution in [0, 0.1) is 5.92 Å². The minimum Gasteiger partial charge on any atom is -0.311 e. The van der Waals surface area contributed by atoms with E-state index in [0.717, 1.165) is 23.3 Å². The van der Waals surface area contributed by atoms with Crippen molar-refractivity contribution in [1.82, 2.24) is 10.2 Å². The second-order valence-corrected chi connectivity index (χ2v) is 8.00. The third-order valence-electron chi connectivity index (χ3n) is 4.84. The number of nitrogens with zero attached hydrogens (tertiary/aromatic N) is 1. The monoisotopic (exact) mass is 298 g/mol. The molecular weight excluding hydrogens is 276 g/mol. The van der Waals surface area contributed by atoms with Crippen LogP contribution in [-0.4, -0.2) is 29.6 Å². The summed E-state index contributed by atoms with van der Waals surface area (Å²) < 4.78 is 0.908. The molecule has 1 N–H and O–H groups in total. The summed E-state index contributed by atoms with van der Waals surface area (Å²) in [4.78, 5) is 4.10. The van der Waals surface area contributed by atoms with Crippen LogP contribution in [0.25, 0.3) is 0 Å². The average Bonchev–Trinajstić information content (AvgIpc) is 3.17. The van der Waals surface area contributed by atoms with Crippen molar-refractivity contribution >= 4 is 22.9 Å². The number of piperazine rings is 1. The van der Waals surface area contributed by atoms with E-state index < -0.39 is 0 Å². The molecule has 2 fully saturated rings. The Hall–Kier alpha value is -0.0900. The minimum atomic E-state index is 0.335. The van der Waals surface area contributed by atoms with Crippen LogP contribution in [-0.2, 0) is 6.54 Å². The molecule has 1 saturated heterocycles. The lowest BCUT2D eigenvalue weighted by atomic mass is 9.89. The Morgan fingerprint density at radius 2 is 2.26 bits per heavy atom. The Labute approximate surface area is 125 Å². The fourth-order valence-corrected chi connectivity index (χ4v) is 4.36. The molecule has 2 unspecified atom stereocenters. The third-order valence-corrected chi connectivity index (χ3v) is 6.05. The summed E-state index contributed by atoms with van der Waals surface area (Å²) in [5, 5.41) is 3.74. The van der Waals surface area contributed by atoms with Crippen molar-refractivity contribution in [2.75, 3.05) is 13.1 Å². The molecule has 1 aliphatic heterocycles. The van der Waals surface area contributed by atoms with Gasteiger partial charge in [0, 0.05) is 36.1 Å². The maximum Gasteiger partial charge on any atom is 0.0931 e. The zero-order valence-corrected chi connectivity index (χ0v) is 13.4. The smallest absolute Gasteiger partial charge is 0.0931 e. The molecule has 0 spiro atoms. The van der Waals surface area contributed by atoms with Gasteiger partial charge in [-0.25, -0.2) is 0 Å². The van der Waals surface area contributed by atoms with E-state index in [1.807, 2.05) is 6.07 Å². The highest BCUT2D eigenvalue weighted by atomic mass is 35.5. The molecule has 1 aromatic heterocycles. The minimum absolute atomic E-state index is 0.335. The molecule has 1 saturated carbocycles. The van der Waals surface area contributed by atoms with E-state index in [1.165, 1.54) is 30.7 Å². The molecule has 3 rings (SSSR count). The summed E-state index contributed by atoms with van der Waals surface area (Å²) in [5.41, 5.74) is 0.335. The van der Waals surface area contributed by atoms with Crippen LogP contribution in [0.15, 0.2) is 12.1 Å². The lowest BCUT2D eigenvalue weighted by Gasteiger charge is -2.48. The Balaban J connectivity index is 1.76. The predicted octanol–water partition coefficient (Wildman–Crippen LogP) is 3.75. The van der Waals surface area contributed by atoms with Gasteiger partial charge in [-0.3, -0.25) is 4.90 Å². The molecule has 1 aliphatic carbocycles. The number of nitrogens with one attached hydrogen (secondary N) is 1. The van der Waals surface area contributed by atoms with Gasteiger partial charge in [-0.2, -0.15) is 0 Å². The van der Waals surface area contributed by atoms with Gasteiger partial charge in [-0.1, -0.05) is 18.5 Å². The maximum atomic E-state index is 6.07. The standard InChI is InChI=1S/C15H23ClN2S/c1-3-12-8-18(9-13-6-7-14(16)19-13)15(2,10-17-12)11-4-5-11/h6-7,11-12,17H,3-5,8-10H2,1-2H3. The summed E-state index contributed by atoms with van der Waals surface area (Å²) in [5.74, 6) is 0.883. The van der Waals surface area contributed by atoms with Crippen molar-refractivity contribution in [3.63, 3.8) is 0 Å². The van der Waals surface area contributed by atoms with Crippen LogP contribution in [0.5, 0.6) is 0 Å². The molecule has 0 amide bonds. The maximum absolute atomic E-state index is 6.07. The number of halogens is 1. The van der Waals surface area contributed by atoms with Crippen LogP contribution in [0.1, 0.15) is 38.0 Å². The van der Waals surface area contributed by atoms with Gasteiger partial charge >= 0.3 is 0 Å². The van der Waals surface area contributed by atoms with Crippen molar-refractivity contribution < 1.29 is 0 Å². The van der Waals surface area contributed by atoms with Gasteiger partial charge < -0.3 is 5.32 Å². The molecule has 0 radical (unpaired) electrons. The molecule has 4 heteroatoms. The topological polar surface area (TPSA) is 15.3 Å². The summed E-state index contributed by atoms with van der Waals surface area (Å²) in [6.45, 7) is 8.08. The van der Waals surface area contributed by atoms with Gasteiger partial charge in [0.2, 0.25) is 0 Å². The van der Waals surface area contributed by atoms with E-state index in [0.29, 0.717) is 11.6 Å². The molecular formula is C15H23ClN2S. The first kappa shape index (κ1) is 13.9. The van der Waals surface area contributed by atoms with Crippen LogP contribution < -0.4 is 5.32 Å². The molecule has 1 aromatic rings. The van der Waals surface area contributed by atoms with Crippen LogP contribution in [0.2, 0.25) is 4.34 Å². The normalized spacial score (nSPS) is 32.7. The van der Waals surface area contributed by atoms with Gasteiger partial charge in [0.1, 0.15) is 0 Å². The average molecular weight is 299 g/mol. The summed E-state index contributed by atoms with van der Waals surface area (Å²) in [6.07, 6.45) is 4.01. The summed E-state index contributed by atoms with van der Waals surface area (Å²) >= 11 is 7.79. The van der Waals surface area contributed by atoms with Gasteiger partial charge in [0.05, 0.1) is 4.34 Å². The van der Waals surface area contributed by atoms with E-state index in [4.69, 9.17) is 11.6 Å².